The standard InChI is InChI=1S/C22H38NO6P/c1-2-3-4-7-10-19-13-15-20(16-14-19)11-8-5-6-9-12-22(25)23-21(17-24)18-29-30(26,27)28/h13-16,21,24H,2-12,17-18H2,1H3,(H,23,25)(H2,26,27,28)/t21-/m1/s1. The highest BCUT2D eigenvalue weighted by Crippen LogP contribution is 2.35. The van der Waals surface area contributed by atoms with Crippen LogP contribution in [0.25, 0.3) is 0 Å². The van der Waals surface area contributed by atoms with Gasteiger partial charge in [0.05, 0.1) is 19.3 Å². The number of hydrogen-bond donors (Lipinski definition) is 4. The molecule has 8 heteroatoms. The van der Waals surface area contributed by atoms with Crippen molar-refractivity contribution >= 4 is 13.7 Å². The zero-order chi connectivity index (χ0) is 22.2. The van der Waals surface area contributed by atoms with Gasteiger partial charge < -0.3 is 20.2 Å². The second-order valence-electron chi connectivity index (χ2n) is 7.77. The molecule has 1 atom stereocenters. The van der Waals surface area contributed by atoms with Crippen LogP contribution in [0.2, 0.25) is 0 Å². The molecule has 0 radical (unpaired) electrons. The lowest BCUT2D eigenvalue weighted by molar-refractivity contribution is -0.122. The zero-order valence-electron chi connectivity index (χ0n) is 18.1. The molecule has 4 N–H and O–H groups in total. The van der Waals surface area contributed by atoms with E-state index in [9.17, 15) is 9.36 Å². The van der Waals surface area contributed by atoms with E-state index in [2.05, 4.69) is 41.0 Å². The highest BCUT2D eigenvalue weighted by Gasteiger charge is 2.19. The van der Waals surface area contributed by atoms with E-state index >= 15 is 0 Å². The molecule has 0 heterocycles. The fourth-order valence-corrected chi connectivity index (χ4v) is 3.60. The van der Waals surface area contributed by atoms with Gasteiger partial charge in [-0.25, -0.2) is 4.57 Å². The predicted octanol–water partition coefficient (Wildman–Crippen LogP) is 3.89. The van der Waals surface area contributed by atoms with Gasteiger partial charge in [0.1, 0.15) is 0 Å². The Kier molecular flexibility index (Phi) is 13.9. The summed E-state index contributed by atoms with van der Waals surface area (Å²) in [4.78, 5) is 29.2. The molecule has 1 aromatic carbocycles. The van der Waals surface area contributed by atoms with Crippen molar-refractivity contribution in [1.29, 1.82) is 0 Å². The number of amides is 1. The molecule has 0 aliphatic heterocycles. The monoisotopic (exact) mass is 443 g/mol. The van der Waals surface area contributed by atoms with Crippen LogP contribution in [-0.2, 0) is 26.7 Å². The van der Waals surface area contributed by atoms with E-state index in [1.54, 1.807) is 0 Å². The summed E-state index contributed by atoms with van der Waals surface area (Å²) < 4.78 is 15.0. The summed E-state index contributed by atoms with van der Waals surface area (Å²) in [5.74, 6) is -0.252. The van der Waals surface area contributed by atoms with E-state index in [1.165, 1.54) is 36.8 Å². The predicted molar refractivity (Wildman–Crippen MR) is 118 cm³/mol. The molecule has 7 nitrogen and oxygen atoms in total. The van der Waals surface area contributed by atoms with Crippen LogP contribution in [0.5, 0.6) is 0 Å². The second kappa shape index (κ2) is 15.5. The van der Waals surface area contributed by atoms with Crippen molar-refractivity contribution in [2.75, 3.05) is 13.2 Å². The van der Waals surface area contributed by atoms with Crippen molar-refractivity contribution in [1.82, 2.24) is 5.32 Å². The first kappa shape index (κ1) is 26.8. The second-order valence-corrected chi connectivity index (χ2v) is 9.01. The number of nitrogens with one attached hydrogen (secondary N) is 1. The molecule has 0 aliphatic rings. The Morgan fingerprint density at radius 3 is 2.00 bits per heavy atom. The van der Waals surface area contributed by atoms with Crippen molar-refractivity contribution in [3.63, 3.8) is 0 Å². The Bertz CT molecular complexity index is 631. The quantitative estimate of drug-likeness (QED) is 0.214. The summed E-state index contributed by atoms with van der Waals surface area (Å²) >= 11 is 0. The lowest BCUT2D eigenvalue weighted by Crippen LogP contribution is -2.40. The third kappa shape index (κ3) is 13.9. The molecule has 172 valence electrons. The first-order valence-electron chi connectivity index (χ1n) is 11.0. The van der Waals surface area contributed by atoms with Crippen molar-refractivity contribution in [3.8, 4) is 0 Å². The number of aryl methyl sites for hydroxylation is 2. The summed E-state index contributed by atoms with van der Waals surface area (Å²) in [6.07, 6.45) is 11.4. The van der Waals surface area contributed by atoms with E-state index in [0.717, 1.165) is 38.5 Å². The Labute approximate surface area is 180 Å². The Balaban J connectivity index is 2.11. The first-order chi connectivity index (χ1) is 14.3. The number of hydrogen-bond acceptors (Lipinski definition) is 4. The maximum Gasteiger partial charge on any atom is 0.469 e. The van der Waals surface area contributed by atoms with E-state index in [1.807, 2.05) is 0 Å². The van der Waals surface area contributed by atoms with Crippen LogP contribution in [0.4, 0.5) is 0 Å². The van der Waals surface area contributed by atoms with Gasteiger partial charge in [-0.15, -0.1) is 0 Å². The number of aliphatic hydroxyl groups excluding tert-OH is 1. The molecule has 1 rings (SSSR count). The summed E-state index contributed by atoms with van der Waals surface area (Å²) in [5, 5.41) is 11.7. The summed E-state index contributed by atoms with van der Waals surface area (Å²) in [5.41, 5.74) is 2.76. The average molecular weight is 444 g/mol. The molecule has 0 spiro atoms. The fourth-order valence-electron chi connectivity index (χ4n) is 3.22. The summed E-state index contributed by atoms with van der Waals surface area (Å²) in [7, 11) is -4.61. The Hall–Kier alpha value is -1.24. The third-order valence-electron chi connectivity index (χ3n) is 4.99. The number of carbonyl (C=O) groups excluding carboxylic acids is 1. The van der Waals surface area contributed by atoms with E-state index in [-0.39, 0.29) is 5.91 Å². The Morgan fingerprint density at radius 2 is 1.50 bits per heavy atom. The molecule has 0 bridgehead atoms. The zero-order valence-corrected chi connectivity index (χ0v) is 19.0. The van der Waals surface area contributed by atoms with Gasteiger partial charge in [0, 0.05) is 6.42 Å². The van der Waals surface area contributed by atoms with Crippen LogP contribution >= 0.6 is 7.82 Å². The minimum Gasteiger partial charge on any atom is -0.394 e. The van der Waals surface area contributed by atoms with Crippen LogP contribution in [-0.4, -0.2) is 40.1 Å². The van der Waals surface area contributed by atoms with Crippen LogP contribution in [0, 0.1) is 0 Å². The highest BCUT2D eigenvalue weighted by atomic mass is 31.2. The number of rotatable bonds is 17. The van der Waals surface area contributed by atoms with Crippen molar-refractivity contribution in [2.24, 2.45) is 0 Å². The normalized spacial score (nSPS) is 12.7. The maximum absolute atomic E-state index is 11.9. The van der Waals surface area contributed by atoms with Gasteiger partial charge in [-0.2, -0.15) is 0 Å². The molecule has 0 unspecified atom stereocenters. The number of unbranched alkanes of at least 4 members (excludes halogenated alkanes) is 6. The van der Waals surface area contributed by atoms with Crippen molar-refractivity contribution in [3.05, 3.63) is 35.4 Å². The van der Waals surface area contributed by atoms with Gasteiger partial charge in [-0.05, 0) is 43.2 Å². The molecule has 0 saturated heterocycles. The van der Waals surface area contributed by atoms with Crippen LogP contribution in [0.15, 0.2) is 24.3 Å². The average Bonchev–Trinajstić information content (AvgIpc) is 2.71. The van der Waals surface area contributed by atoms with Gasteiger partial charge in [0.25, 0.3) is 0 Å². The SMILES string of the molecule is CCCCCCc1ccc(CCCCCCC(=O)N[C@H](CO)COP(=O)(O)O)cc1. The maximum atomic E-state index is 11.9. The van der Waals surface area contributed by atoms with Gasteiger partial charge in [0.15, 0.2) is 0 Å². The number of phosphoric acid groups is 1. The van der Waals surface area contributed by atoms with Crippen LogP contribution in [0.1, 0.15) is 75.8 Å². The van der Waals surface area contributed by atoms with Crippen molar-refractivity contribution in [2.45, 2.75) is 83.6 Å². The molecule has 0 aromatic heterocycles. The topological polar surface area (TPSA) is 116 Å². The van der Waals surface area contributed by atoms with Gasteiger partial charge >= 0.3 is 7.82 Å². The molecule has 0 fully saturated rings. The van der Waals surface area contributed by atoms with Crippen LogP contribution < -0.4 is 5.32 Å². The Morgan fingerprint density at radius 1 is 0.967 bits per heavy atom. The summed E-state index contributed by atoms with van der Waals surface area (Å²) in [6.45, 7) is 1.36. The number of benzene rings is 1. The highest BCUT2D eigenvalue weighted by molar-refractivity contribution is 7.46. The number of phosphoric ester groups is 1. The molecule has 1 amide bonds. The molecule has 1 aromatic rings. The molecule has 30 heavy (non-hydrogen) atoms. The van der Waals surface area contributed by atoms with Crippen molar-refractivity contribution < 1.29 is 28.8 Å². The van der Waals surface area contributed by atoms with Crippen LogP contribution in [0.3, 0.4) is 0 Å². The first-order valence-corrected chi connectivity index (χ1v) is 12.5. The largest absolute Gasteiger partial charge is 0.469 e. The smallest absolute Gasteiger partial charge is 0.394 e. The molecule has 0 aliphatic carbocycles. The van der Waals surface area contributed by atoms with E-state index in [4.69, 9.17) is 14.9 Å². The minimum atomic E-state index is -4.61. The number of carbonyl (C=O) groups is 1. The minimum absolute atomic E-state index is 0.252. The fraction of sp³-hybridized carbons (Fsp3) is 0.682. The third-order valence-corrected chi connectivity index (χ3v) is 5.48. The summed E-state index contributed by atoms with van der Waals surface area (Å²) in [6, 6.07) is 8.09. The molecule has 0 saturated carbocycles. The van der Waals surface area contributed by atoms with Gasteiger partial charge in [-0.3, -0.25) is 9.32 Å². The van der Waals surface area contributed by atoms with Gasteiger partial charge in [-0.1, -0.05) is 63.3 Å². The van der Waals surface area contributed by atoms with E-state index in [0.29, 0.717) is 6.42 Å². The van der Waals surface area contributed by atoms with E-state index < -0.39 is 27.1 Å². The lowest BCUT2D eigenvalue weighted by atomic mass is 10.0. The lowest BCUT2D eigenvalue weighted by Gasteiger charge is -2.16. The number of aliphatic hydroxyl groups is 1. The van der Waals surface area contributed by atoms with Gasteiger partial charge in [0.2, 0.25) is 5.91 Å². The molecular formula is C22H38NO6P. The molecular weight excluding hydrogens is 405 g/mol.